The van der Waals surface area contributed by atoms with E-state index in [4.69, 9.17) is 21.1 Å². The maximum Gasteiger partial charge on any atom is 0.294 e. The van der Waals surface area contributed by atoms with Crippen LogP contribution in [-0.4, -0.2) is 24.0 Å². The number of rotatable bonds is 10. The average Bonchev–Trinajstić information content (AvgIpc) is 2.58. The Labute approximate surface area is 157 Å². The lowest BCUT2D eigenvalue weighted by atomic mass is 10.3. The Bertz CT molecular complexity index is 746. The summed E-state index contributed by atoms with van der Waals surface area (Å²) in [4.78, 5) is 14.8. The van der Waals surface area contributed by atoms with Crippen molar-refractivity contribution in [1.29, 1.82) is 0 Å². The van der Waals surface area contributed by atoms with E-state index in [0.717, 1.165) is 0 Å². The number of ether oxygens (including phenoxy) is 2. The minimum atomic E-state index is -0.537. The van der Waals surface area contributed by atoms with Crippen LogP contribution in [0.15, 0.2) is 60.1 Å². The number of halogens is 1. The molecule has 0 heterocycles. The first-order chi connectivity index (χ1) is 12.3. The van der Waals surface area contributed by atoms with Crippen LogP contribution in [0.4, 0.5) is 11.4 Å². The van der Waals surface area contributed by atoms with E-state index in [0.29, 0.717) is 18.2 Å². The van der Waals surface area contributed by atoms with Gasteiger partial charge in [-0.05, 0) is 26.0 Å². The van der Waals surface area contributed by atoms with Crippen molar-refractivity contribution in [3.63, 3.8) is 0 Å². The largest absolute Gasteiger partial charge is 0.492 e. The number of benzene rings is 1. The van der Waals surface area contributed by atoms with E-state index in [1.54, 1.807) is 13.8 Å². The van der Waals surface area contributed by atoms with E-state index < -0.39 is 4.92 Å². The van der Waals surface area contributed by atoms with Crippen LogP contribution in [0.5, 0.6) is 0 Å². The van der Waals surface area contributed by atoms with Crippen molar-refractivity contribution in [2.24, 2.45) is 4.99 Å². The molecule has 0 atom stereocenters. The minimum Gasteiger partial charge on any atom is -0.492 e. The number of anilines is 1. The number of nitro groups is 1. The number of hydrazine groups is 1. The van der Waals surface area contributed by atoms with Gasteiger partial charge in [-0.3, -0.25) is 21.0 Å². The van der Waals surface area contributed by atoms with Crippen LogP contribution < -0.4 is 10.9 Å². The number of amidine groups is 1. The summed E-state index contributed by atoms with van der Waals surface area (Å²) >= 11 is 5.90. The summed E-state index contributed by atoms with van der Waals surface area (Å²) in [5.41, 5.74) is 5.65. The molecule has 0 radical (unpaired) electrons. The highest BCUT2D eigenvalue weighted by Gasteiger charge is 2.15. The van der Waals surface area contributed by atoms with Crippen LogP contribution in [-0.2, 0) is 9.47 Å². The smallest absolute Gasteiger partial charge is 0.294 e. The number of nitrogens with zero attached hydrogens (tertiary/aromatic N) is 2. The molecule has 0 aromatic heterocycles. The fourth-order valence-electron chi connectivity index (χ4n) is 1.75. The van der Waals surface area contributed by atoms with E-state index >= 15 is 0 Å². The first-order valence-electron chi connectivity index (χ1n) is 7.67. The van der Waals surface area contributed by atoms with Gasteiger partial charge in [-0.15, -0.1) is 0 Å². The van der Waals surface area contributed by atoms with Gasteiger partial charge in [0.15, 0.2) is 11.6 Å². The fourth-order valence-corrected chi connectivity index (χ4v) is 1.92. The van der Waals surface area contributed by atoms with Gasteiger partial charge in [0.1, 0.15) is 11.4 Å². The van der Waals surface area contributed by atoms with Crippen LogP contribution in [0.25, 0.3) is 0 Å². The Balaban J connectivity index is 3.06. The zero-order valence-electron chi connectivity index (χ0n) is 14.7. The first-order valence-corrected chi connectivity index (χ1v) is 8.05. The van der Waals surface area contributed by atoms with E-state index in [9.17, 15) is 10.1 Å². The van der Waals surface area contributed by atoms with Crippen LogP contribution >= 0.6 is 11.6 Å². The van der Waals surface area contributed by atoms with Crippen molar-refractivity contribution in [1.82, 2.24) is 5.43 Å². The quantitative estimate of drug-likeness (QED) is 0.158. The second-order valence-electron chi connectivity index (χ2n) is 4.79. The van der Waals surface area contributed by atoms with Crippen LogP contribution in [0, 0.1) is 10.1 Å². The molecule has 0 bridgehead atoms. The molecule has 1 aromatic rings. The normalized spacial score (nSPS) is 10.7. The number of nitro benzene ring substituents is 1. The Morgan fingerprint density at radius 3 is 2.42 bits per heavy atom. The summed E-state index contributed by atoms with van der Waals surface area (Å²) in [5, 5.41) is 11.5. The van der Waals surface area contributed by atoms with E-state index in [-0.39, 0.29) is 34.4 Å². The monoisotopic (exact) mass is 380 g/mol. The highest BCUT2D eigenvalue weighted by molar-refractivity contribution is 6.31. The third kappa shape index (κ3) is 6.14. The third-order valence-corrected chi connectivity index (χ3v) is 3.18. The molecule has 0 amide bonds. The molecule has 0 saturated heterocycles. The topological polar surface area (TPSA) is 98.0 Å². The van der Waals surface area contributed by atoms with Gasteiger partial charge in [0.05, 0.1) is 23.8 Å². The molecule has 8 nitrogen and oxygen atoms in total. The lowest BCUT2D eigenvalue weighted by molar-refractivity contribution is -0.384. The lowest BCUT2D eigenvalue weighted by Crippen LogP contribution is -2.32. The van der Waals surface area contributed by atoms with Crippen LogP contribution in [0.2, 0.25) is 5.02 Å². The number of hydrogen-bond donors (Lipinski definition) is 2. The minimum absolute atomic E-state index is 0.147. The van der Waals surface area contributed by atoms with Gasteiger partial charge in [-0.2, -0.15) is 0 Å². The zero-order chi connectivity index (χ0) is 19.7. The molecule has 140 valence electrons. The second kappa shape index (κ2) is 10.1. The summed E-state index contributed by atoms with van der Waals surface area (Å²) in [7, 11) is 0. The van der Waals surface area contributed by atoms with Crippen LogP contribution in [0.1, 0.15) is 13.8 Å². The maximum absolute atomic E-state index is 11.1. The molecule has 9 heteroatoms. The molecular formula is C17H21ClN4O4. The predicted octanol–water partition coefficient (Wildman–Crippen LogP) is 4.18. The second-order valence-corrected chi connectivity index (χ2v) is 5.22. The van der Waals surface area contributed by atoms with Crippen molar-refractivity contribution < 1.29 is 14.4 Å². The molecule has 0 aliphatic rings. The number of hydrogen-bond acceptors (Lipinski definition) is 6. The van der Waals surface area contributed by atoms with Gasteiger partial charge in [0, 0.05) is 11.1 Å². The SMILES string of the molecule is C=C(N=C(NNc1cc(Cl)ccc1[N+](=O)[O-])C(=C)OCC)C(=C)OCC. The van der Waals surface area contributed by atoms with Crippen molar-refractivity contribution in [3.05, 3.63) is 70.3 Å². The maximum atomic E-state index is 11.1. The van der Waals surface area contributed by atoms with Crippen molar-refractivity contribution in [3.8, 4) is 0 Å². The molecule has 0 aliphatic heterocycles. The summed E-state index contributed by atoms with van der Waals surface area (Å²) in [5.74, 6) is 0.645. The molecule has 0 fully saturated rings. The van der Waals surface area contributed by atoms with Crippen molar-refractivity contribution in [2.45, 2.75) is 13.8 Å². The van der Waals surface area contributed by atoms with Crippen LogP contribution in [0.3, 0.4) is 0 Å². The third-order valence-electron chi connectivity index (χ3n) is 2.94. The molecule has 0 spiro atoms. The average molecular weight is 381 g/mol. The summed E-state index contributed by atoms with van der Waals surface area (Å²) in [6.07, 6.45) is 0. The summed E-state index contributed by atoms with van der Waals surface area (Å²) in [6, 6.07) is 4.12. The van der Waals surface area contributed by atoms with Gasteiger partial charge >= 0.3 is 0 Å². The molecule has 1 aromatic carbocycles. The van der Waals surface area contributed by atoms with Crippen molar-refractivity contribution in [2.75, 3.05) is 18.6 Å². The number of aliphatic imine (C=N–C) groups is 1. The Morgan fingerprint density at radius 1 is 1.23 bits per heavy atom. The van der Waals surface area contributed by atoms with Gasteiger partial charge in [0.2, 0.25) is 0 Å². The highest BCUT2D eigenvalue weighted by Crippen LogP contribution is 2.27. The standard InChI is InChI=1S/C17H21ClN4O4/c1-6-25-12(4)11(3)19-17(13(5)26-7-2)21-20-15-10-14(18)8-9-16(15)22(23)24/h8-10,20H,3-7H2,1-2H3,(H,19,21). The van der Waals surface area contributed by atoms with Gasteiger partial charge in [0.25, 0.3) is 5.69 Å². The molecule has 0 aliphatic carbocycles. The lowest BCUT2D eigenvalue weighted by Gasteiger charge is -2.16. The predicted molar refractivity (Wildman–Crippen MR) is 103 cm³/mol. The molecule has 0 unspecified atom stereocenters. The molecule has 0 saturated carbocycles. The highest BCUT2D eigenvalue weighted by atomic mass is 35.5. The first kappa shape index (κ1) is 21.0. The van der Waals surface area contributed by atoms with Gasteiger partial charge in [-0.25, -0.2) is 4.99 Å². The Hall–Kier alpha value is -3.00. The van der Waals surface area contributed by atoms with Crippen molar-refractivity contribution >= 4 is 28.8 Å². The van der Waals surface area contributed by atoms with Gasteiger partial charge in [-0.1, -0.05) is 31.3 Å². The zero-order valence-corrected chi connectivity index (χ0v) is 15.4. The van der Waals surface area contributed by atoms with E-state index in [1.165, 1.54) is 18.2 Å². The fraction of sp³-hybridized carbons (Fsp3) is 0.235. The molecule has 1 rings (SSSR count). The molecule has 2 N–H and O–H groups in total. The molecular weight excluding hydrogens is 360 g/mol. The van der Waals surface area contributed by atoms with Gasteiger partial charge < -0.3 is 9.47 Å². The Morgan fingerprint density at radius 2 is 1.85 bits per heavy atom. The molecule has 26 heavy (non-hydrogen) atoms. The van der Waals surface area contributed by atoms with E-state index in [1.807, 2.05) is 0 Å². The van der Waals surface area contributed by atoms with E-state index in [2.05, 4.69) is 35.6 Å². The summed E-state index contributed by atoms with van der Waals surface area (Å²) < 4.78 is 10.6. The summed E-state index contributed by atoms with van der Waals surface area (Å²) in [6.45, 7) is 15.6. The number of nitrogens with one attached hydrogen (secondary N) is 2. The Kier molecular flexibility index (Phi) is 8.17.